The van der Waals surface area contributed by atoms with E-state index in [1.54, 1.807) is 0 Å². The van der Waals surface area contributed by atoms with Crippen LogP contribution in [0.4, 0.5) is 0 Å². The van der Waals surface area contributed by atoms with Crippen LogP contribution >= 0.6 is 0 Å². The summed E-state index contributed by atoms with van der Waals surface area (Å²) < 4.78 is 0. The van der Waals surface area contributed by atoms with Crippen LogP contribution in [0.5, 0.6) is 0 Å². The largest absolute Gasteiger partial charge is 0.396 e. The molecule has 3 rings (SSSR count). The van der Waals surface area contributed by atoms with Crippen molar-refractivity contribution in [2.45, 2.75) is 50.6 Å². The average Bonchev–Trinajstić information content (AvgIpc) is 2.94. The number of benzene rings is 2. The lowest BCUT2D eigenvalue weighted by molar-refractivity contribution is 0.173. The van der Waals surface area contributed by atoms with E-state index < -0.39 is 0 Å². The molecule has 1 aliphatic heterocycles. The van der Waals surface area contributed by atoms with Crippen molar-refractivity contribution < 1.29 is 5.11 Å². The minimum atomic E-state index is 0.272. The van der Waals surface area contributed by atoms with Gasteiger partial charge in [-0.15, -0.1) is 0 Å². The maximum absolute atomic E-state index is 9.41. The molecule has 1 fully saturated rings. The van der Waals surface area contributed by atoms with E-state index >= 15 is 0 Å². The number of hydrogen-bond donors (Lipinski definition) is 1. The molecule has 1 N–H and O–H groups in total. The van der Waals surface area contributed by atoms with Crippen LogP contribution in [-0.2, 0) is 0 Å². The fourth-order valence-electron chi connectivity index (χ4n) is 4.93. The van der Waals surface area contributed by atoms with Crippen LogP contribution in [0, 0.1) is 5.92 Å². The van der Waals surface area contributed by atoms with Crippen LogP contribution in [0.1, 0.15) is 49.7 Å². The summed E-state index contributed by atoms with van der Waals surface area (Å²) in [4.78, 5) is 2.59. The SMILES string of the molecule is CC(C)[C@@H]1[C@@H](c2ccccc2)[C@H](c2ccccc2)[C@H](CCCO)N1C. The molecule has 2 nitrogen and oxygen atoms in total. The number of aliphatic hydroxyl groups is 1. The third-order valence-corrected chi connectivity index (χ3v) is 5.87. The normalized spacial score (nSPS) is 27.1. The van der Waals surface area contributed by atoms with Crippen molar-refractivity contribution in [1.82, 2.24) is 4.90 Å². The Labute approximate surface area is 152 Å². The van der Waals surface area contributed by atoms with Crippen molar-refractivity contribution in [3.8, 4) is 0 Å². The van der Waals surface area contributed by atoms with Gasteiger partial charge in [-0.2, -0.15) is 0 Å². The van der Waals surface area contributed by atoms with Crippen LogP contribution in [-0.4, -0.2) is 35.7 Å². The van der Waals surface area contributed by atoms with Gasteiger partial charge in [-0.1, -0.05) is 74.5 Å². The molecule has 25 heavy (non-hydrogen) atoms. The van der Waals surface area contributed by atoms with E-state index in [9.17, 15) is 5.11 Å². The Morgan fingerprint density at radius 3 is 1.88 bits per heavy atom. The zero-order chi connectivity index (χ0) is 17.8. The molecule has 0 amide bonds. The topological polar surface area (TPSA) is 23.5 Å². The maximum Gasteiger partial charge on any atom is 0.0431 e. The van der Waals surface area contributed by atoms with E-state index in [-0.39, 0.29) is 6.61 Å². The van der Waals surface area contributed by atoms with Gasteiger partial charge in [-0.25, -0.2) is 0 Å². The lowest BCUT2D eigenvalue weighted by atomic mass is 9.75. The van der Waals surface area contributed by atoms with Crippen LogP contribution in [0.2, 0.25) is 0 Å². The zero-order valence-electron chi connectivity index (χ0n) is 15.7. The van der Waals surface area contributed by atoms with E-state index in [4.69, 9.17) is 0 Å². The quantitative estimate of drug-likeness (QED) is 0.828. The predicted octanol–water partition coefficient (Wildman–Crippen LogP) is 4.67. The molecule has 134 valence electrons. The van der Waals surface area contributed by atoms with E-state index in [1.165, 1.54) is 11.1 Å². The van der Waals surface area contributed by atoms with Crippen LogP contribution in [0.15, 0.2) is 60.7 Å². The van der Waals surface area contributed by atoms with Crippen molar-refractivity contribution in [3.63, 3.8) is 0 Å². The summed E-state index contributed by atoms with van der Waals surface area (Å²) in [7, 11) is 2.28. The maximum atomic E-state index is 9.41. The molecule has 4 atom stereocenters. The molecule has 0 unspecified atom stereocenters. The fourth-order valence-corrected chi connectivity index (χ4v) is 4.93. The number of nitrogens with zero attached hydrogens (tertiary/aromatic N) is 1. The van der Waals surface area contributed by atoms with Gasteiger partial charge in [-0.05, 0) is 36.9 Å². The van der Waals surface area contributed by atoms with Crippen molar-refractivity contribution in [2.24, 2.45) is 5.92 Å². The Morgan fingerprint density at radius 1 is 0.880 bits per heavy atom. The van der Waals surface area contributed by atoms with E-state index in [0.717, 1.165) is 12.8 Å². The number of rotatable bonds is 6. The highest BCUT2D eigenvalue weighted by Crippen LogP contribution is 2.50. The molecule has 0 aliphatic carbocycles. The molecule has 1 heterocycles. The van der Waals surface area contributed by atoms with Crippen LogP contribution in [0.3, 0.4) is 0 Å². The van der Waals surface area contributed by atoms with Crippen molar-refractivity contribution >= 4 is 0 Å². The lowest BCUT2D eigenvalue weighted by Crippen LogP contribution is -2.37. The first-order valence-electron chi connectivity index (χ1n) is 9.57. The first-order valence-corrected chi connectivity index (χ1v) is 9.57. The molecule has 1 saturated heterocycles. The highest BCUT2D eigenvalue weighted by molar-refractivity contribution is 5.34. The minimum absolute atomic E-state index is 0.272. The first-order chi connectivity index (χ1) is 12.1. The van der Waals surface area contributed by atoms with Gasteiger partial charge < -0.3 is 5.11 Å². The van der Waals surface area contributed by atoms with Gasteiger partial charge in [0, 0.05) is 30.5 Å². The summed E-state index contributed by atoms with van der Waals surface area (Å²) in [5.74, 6) is 1.53. The molecule has 0 aromatic heterocycles. The Hall–Kier alpha value is -1.64. The second kappa shape index (κ2) is 8.16. The second-order valence-electron chi connectivity index (χ2n) is 7.71. The predicted molar refractivity (Wildman–Crippen MR) is 105 cm³/mol. The highest BCUT2D eigenvalue weighted by atomic mass is 16.2. The standard InChI is InChI=1S/C23H31NO/c1-17(2)23-22(19-13-8-5-9-14-19)21(18-11-6-4-7-12-18)20(24(23)3)15-10-16-25/h4-9,11-14,17,20-23,25H,10,15-16H2,1-3H3/t20-,21+,22-,23+/m0/s1. The van der Waals surface area contributed by atoms with E-state index in [2.05, 4.69) is 86.5 Å². The molecular formula is C23H31NO. The molecule has 0 saturated carbocycles. The van der Waals surface area contributed by atoms with Gasteiger partial charge >= 0.3 is 0 Å². The molecule has 0 radical (unpaired) electrons. The Balaban J connectivity index is 2.08. The number of likely N-dealkylation sites (N-methyl/N-ethyl adjacent to an activating group) is 1. The molecular weight excluding hydrogens is 306 g/mol. The summed E-state index contributed by atoms with van der Waals surface area (Å²) in [6, 6.07) is 23.0. The Morgan fingerprint density at radius 2 is 1.40 bits per heavy atom. The molecule has 0 bridgehead atoms. The van der Waals surface area contributed by atoms with Gasteiger partial charge in [0.05, 0.1) is 0 Å². The van der Waals surface area contributed by atoms with Gasteiger partial charge in [-0.3, -0.25) is 4.90 Å². The minimum Gasteiger partial charge on any atom is -0.396 e. The van der Waals surface area contributed by atoms with Gasteiger partial charge in [0.1, 0.15) is 0 Å². The first kappa shape index (κ1) is 18.2. The molecule has 0 spiro atoms. The Bertz CT molecular complexity index is 640. The van der Waals surface area contributed by atoms with E-state index in [1.807, 2.05) is 0 Å². The van der Waals surface area contributed by atoms with Crippen LogP contribution in [0.25, 0.3) is 0 Å². The Kier molecular flexibility index (Phi) is 5.93. The number of hydrogen-bond acceptors (Lipinski definition) is 2. The second-order valence-corrected chi connectivity index (χ2v) is 7.71. The lowest BCUT2D eigenvalue weighted by Gasteiger charge is -2.31. The monoisotopic (exact) mass is 337 g/mol. The van der Waals surface area contributed by atoms with Gasteiger partial charge in [0.25, 0.3) is 0 Å². The molecule has 1 aliphatic rings. The molecule has 2 aromatic rings. The third-order valence-electron chi connectivity index (χ3n) is 5.87. The van der Waals surface area contributed by atoms with Crippen molar-refractivity contribution in [1.29, 1.82) is 0 Å². The van der Waals surface area contributed by atoms with Gasteiger partial charge in [0.15, 0.2) is 0 Å². The summed E-state index contributed by atoms with van der Waals surface area (Å²) >= 11 is 0. The van der Waals surface area contributed by atoms with Gasteiger partial charge in [0.2, 0.25) is 0 Å². The summed E-state index contributed by atoms with van der Waals surface area (Å²) in [5.41, 5.74) is 2.86. The van der Waals surface area contributed by atoms with Crippen LogP contribution < -0.4 is 0 Å². The summed E-state index contributed by atoms with van der Waals surface area (Å²) in [6.07, 6.45) is 1.91. The number of likely N-dealkylation sites (tertiary alicyclic amines) is 1. The molecule has 2 aromatic carbocycles. The number of aliphatic hydroxyl groups excluding tert-OH is 1. The van der Waals surface area contributed by atoms with Crippen molar-refractivity contribution in [2.75, 3.05) is 13.7 Å². The third kappa shape index (κ3) is 3.65. The zero-order valence-corrected chi connectivity index (χ0v) is 15.7. The average molecular weight is 338 g/mol. The summed E-state index contributed by atoms with van der Waals surface area (Å²) in [5, 5.41) is 9.41. The van der Waals surface area contributed by atoms with Crippen molar-refractivity contribution in [3.05, 3.63) is 71.8 Å². The smallest absolute Gasteiger partial charge is 0.0431 e. The highest BCUT2D eigenvalue weighted by Gasteiger charge is 2.48. The van der Waals surface area contributed by atoms with E-state index in [0.29, 0.717) is 29.8 Å². The summed E-state index contributed by atoms with van der Waals surface area (Å²) in [6.45, 7) is 4.95. The molecule has 2 heteroatoms. The fraction of sp³-hybridized carbons (Fsp3) is 0.478.